The second-order valence-electron chi connectivity index (χ2n) is 10.9. The highest BCUT2D eigenvalue weighted by molar-refractivity contribution is 7.23. The van der Waals surface area contributed by atoms with Gasteiger partial charge in [-0.05, 0) is 37.8 Å². The van der Waals surface area contributed by atoms with Crippen LogP contribution in [0.3, 0.4) is 0 Å². The molecule has 6 heterocycles. The molecule has 10 heteroatoms. The lowest BCUT2D eigenvalue weighted by Gasteiger charge is -2.41. The van der Waals surface area contributed by atoms with Crippen molar-refractivity contribution in [3.63, 3.8) is 0 Å². The van der Waals surface area contributed by atoms with Crippen LogP contribution in [0.5, 0.6) is 0 Å². The van der Waals surface area contributed by atoms with Gasteiger partial charge < -0.3 is 20.4 Å². The molecule has 2 saturated heterocycles. The van der Waals surface area contributed by atoms with Crippen molar-refractivity contribution in [2.75, 3.05) is 61.6 Å². The SMILES string of the molecule is c1cc(Nc2ncc3sc4c(c3n2)C2(CCCCC2)CNN4)ncc1N1CCC(N2CCOCC2)CC1. The molecule has 0 radical (unpaired) electrons. The Labute approximate surface area is 222 Å². The third kappa shape index (κ3) is 4.54. The zero-order valence-corrected chi connectivity index (χ0v) is 22.2. The zero-order valence-electron chi connectivity index (χ0n) is 21.3. The van der Waals surface area contributed by atoms with Crippen LogP contribution in [0.2, 0.25) is 0 Å². The number of anilines is 4. The quantitative estimate of drug-likeness (QED) is 0.467. The lowest BCUT2D eigenvalue weighted by atomic mass is 9.69. The monoisotopic (exact) mass is 520 g/mol. The fourth-order valence-corrected chi connectivity index (χ4v) is 7.87. The van der Waals surface area contributed by atoms with Crippen molar-refractivity contribution < 1.29 is 4.74 Å². The van der Waals surface area contributed by atoms with E-state index < -0.39 is 0 Å². The number of pyridine rings is 1. The Bertz CT molecular complexity index is 1230. The molecule has 1 spiro atoms. The predicted octanol–water partition coefficient (Wildman–Crippen LogP) is 4.26. The van der Waals surface area contributed by atoms with Gasteiger partial charge in [0.05, 0.1) is 41.5 Å². The van der Waals surface area contributed by atoms with Gasteiger partial charge in [-0.15, -0.1) is 11.3 Å². The topological polar surface area (TPSA) is 90.5 Å². The highest BCUT2D eigenvalue weighted by atomic mass is 32.1. The molecule has 3 aromatic heterocycles. The van der Waals surface area contributed by atoms with Gasteiger partial charge in [0.25, 0.3) is 0 Å². The average molecular weight is 521 g/mol. The van der Waals surface area contributed by atoms with Gasteiger partial charge in [0.1, 0.15) is 10.8 Å². The van der Waals surface area contributed by atoms with E-state index in [-0.39, 0.29) is 5.41 Å². The van der Waals surface area contributed by atoms with Crippen molar-refractivity contribution in [2.45, 2.75) is 56.4 Å². The summed E-state index contributed by atoms with van der Waals surface area (Å²) in [6.07, 6.45) is 12.7. The molecule has 0 aromatic carbocycles. The number of rotatable bonds is 4. The first-order valence-corrected chi connectivity index (χ1v) is 14.7. The molecular formula is C27H36N8OS. The van der Waals surface area contributed by atoms with E-state index in [2.05, 4.69) is 37.0 Å². The summed E-state index contributed by atoms with van der Waals surface area (Å²) in [4.78, 5) is 19.4. The van der Waals surface area contributed by atoms with Crippen molar-refractivity contribution in [1.29, 1.82) is 0 Å². The number of fused-ring (bicyclic) bond motifs is 4. The molecule has 7 rings (SSSR count). The van der Waals surface area contributed by atoms with Crippen molar-refractivity contribution in [3.05, 3.63) is 30.1 Å². The van der Waals surface area contributed by atoms with Crippen molar-refractivity contribution in [2.24, 2.45) is 0 Å². The van der Waals surface area contributed by atoms with Crippen LogP contribution in [0, 0.1) is 0 Å². The number of hydrogen-bond donors (Lipinski definition) is 3. The van der Waals surface area contributed by atoms with Gasteiger partial charge in [-0.2, -0.15) is 0 Å². The number of nitrogens with zero attached hydrogens (tertiary/aromatic N) is 5. The van der Waals surface area contributed by atoms with Gasteiger partial charge in [0.2, 0.25) is 5.95 Å². The Morgan fingerprint density at radius 1 is 1.00 bits per heavy atom. The normalized spacial score (nSPS) is 22.6. The summed E-state index contributed by atoms with van der Waals surface area (Å²) < 4.78 is 6.66. The molecular weight excluding hydrogens is 484 g/mol. The van der Waals surface area contributed by atoms with E-state index in [9.17, 15) is 0 Å². The summed E-state index contributed by atoms with van der Waals surface area (Å²) >= 11 is 1.75. The molecule has 1 aliphatic carbocycles. The zero-order chi connectivity index (χ0) is 24.7. The molecule has 196 valence electrons. The van der Waals surface area contributed by atoms with E-state index in [0.717, 1.165) is 62.0 Å². The lowest BCUT2D eigenvalue weighted by molar-refractivity contribution is 0.0115. The fraction of sp³-hybridized carbons (Fsp3) is 0.593. The summed E-state index contributed by atoms with van der Waals surface area (Å²) in [6, 6.07) is 4.90. The molecule has 1 saturated carbocycles. The largest absolute Gasteiger partial charge is 0.379 e. The van der Waals surface area contributed by atoms with Crippen LogP contribution >= 0.6 is 11.3 Å². The Kier molecular flexibility index (Phi) is 6.36. The smallest absolute Gasteiger partial charge is 0.228 e. The lowest BCUT2D eigenvalue weighted by Crippen LogP contribution is -2.49. The van der Waals surface area contributed by atoms with E-state index in [1.54, 1.807) is 11.3 Å². The van der Waals surface area contributed by atoms with Crippen LogP contribution in [0.15, 0.2) is 24.5 Å². The number of aromatic nitrogens is 3. The van der Waals surface area contributed by atoms with Crippen LogP contribution in [0.25, 0.3) is 10.2 Å². The molecule has 0 amide bonds. The van der Waals surface area contributed by atoms with Crippen molar-refractivity contribution in [3.8, 4) is 0 Å². The fourth-order valence-electron chi connectivity index (χ4n) is 6.76. The molecule has 3 N–H and O–H groups in total. The highest BCUT2D eigenvalue weighted by Crippen LogP contribution is 2.50. The molecule has 0 unspecified atom stereocenters. The molecule has 9 nitrogen and oxygen atoms in total. The Hall–Kier alpha value is -2.53. The maximum atomic E-state index is 5.52. The molecule has 3 aliphatic heterocycles. The maximum absolute atomic E-state index is 5.52. The third-order valence-corrected chi connectivity index (χ3v) is 9.81. The van der Waals surface area contributed by atoms with Gasteiger partial charge in [0, 0.05) is 49.7 Å². The minimum Gasteiger partial charge on any atom is -0.379 e. The number of piperidine rings is 1. The molecule has 37 heavy (non-hydrogen) atoms. The van der Waals surface area contributed by atoms with Crippen LogP contribution in [-0.2, 0) is 10.2 Å². The predicted molar refractivity (Wildman–Crippen MR) is 149 cm³/mol. The minimum absolute atomic E-state index is 0.178. The van der Waals surface area contributed by atoms with E-state index >= 15 is 0 Å². The van der Waals surface area contributed by atoms with E-state index in [4.69, 9.17) is 14.7 Å². The molecule has 3 fully saturated rings. The standard InChI is InChI=1S/C27H36N8OS/c1-2-8-27(9-3-1)18-30-33-25-23(27)24-21(37-25)17-29-26(32-24)31-22-5-4-20(16-28-22)34-10-6-19(7-11-34)35-12-14-36-15-13-35/h4-5,16-17,19,30,33H,1-3,6-15,18H2,(H,28,29,31,32). The molecule has 0 atom stereocenters. The first-order valence-electron chi connectivity index (χ1n) is 13.9. The van der Waals surface area contributed by atoms with E-state index in [1.165, 1.54) is 61.2 Å². The number of morpholine rings is 1. The van der Waals surface area contributed by atoms with Crippen LogP contribution in [-0.4, -0.2) is 71.8 Å². The first-order chi connectivity index (χ1) is 18.3. The summed E-state index contributed by atoms with van der Waals surface area (Å²) in [5, 5.41) is 4.57. The number of hydrazine groups is 1. The Balaban J connectivity index is 1.05. The molecule has 3 aromatic rings. The number of hydrogen-bond acceptors (Lipinski definition) is 10. The summed E-state index contributed by atoms with van der Waals surface area (Å²) in [7, 11) is 0. The van der Waals surface area contributed by atoms with Crippen LogP contribution < -0.4 is 21.1 Å². The summed E-state index contributed by atoms with van der Waals surface area (Å²) in [6.45, 7) is 7.00. The minimum atomic E-state index is 0.178. The van der Waals surface area contributed by atoms with Crippen LogP contribution in [0.1, 0.15) is 50.5 Å². The third-order valence-electron chi connectivity index (χ3n) is 8.78. The van der Waals surface area contributed by atoms with Gasteiger partial charge in [-0.1, -0.05) is 19.3 Å². The van der Waals surface area contributed by atoms with Crippen LogP contribution in [0.4, 0.5) is 22.5 Å². The summed E-state index contributed by atoms with van der Waals surface area (Å²) in [5.74, 6) is 1.40. The van der Waals surface area contributed by atoms with Gasteiger partial charge in [-0.25, -0.2) is 20.4 Å². The van der Waals surface area contributed by atoms with Gasteiger partial charge in [-0.3, -0.25) is 4.90 Å². The number of nitrogens with one attached hydrogen (secondary N) is 3. The second-order valence-corrected chi connectivity index (χ2v) is 12.0. The highest BCUT2D eigenvalue weighted by Gasteiger charge is 2.41. The number of ether oxygens (including phenoxy) is 1. The average Bonchev–Trinajstić information content (AvgIpc) is 3.34. The molecule has 4 aliphatic rings. The van der Waals surface area contributed by atoms with E-state index in [1.807, 2.05) is 18.5 Å². The summed E-state index contributed by atoms with van der Waals surface area (Å²) in [5.41, 5.74) is 10.7. The first kappa shape index (κ1) is 23.6. The van der Waals surface area contributed by atoms with Gasteiger partial charge >= 0.3 is 0 Å². The van der Waals surface area contributed by atoms with Gasteiger partial charge in [0.15, 0.2) is 0 Å². The van der Waals surface area contributed by atoms with E-state index in [0.29, 0.717) is 12.0 Å². The molecule has 0 bridgehead atoms. The maximum Gasteiger partial charge on any atom is 0.228 e. The Morgan fingerprint density at radius 3 is 2.62 bits per heavy atom. The second kappa shape index (κ2) is 9.98. The van der Waals surface area contributed by atoms with Crippen molar-refractivity contribution >= 4 is 44.0 Å². The van der Waals surface area contributed by atoms with Crippen molar-refractivity contribution in [1.82, 2.24) is 25.3 Å². The Morgan fingerprint density at radius 2 is 1.84 bits per heavy atom. The number of thiophene rings is 1.